The lowest BCUT2D eigenvalue weighted by Crippen LogP contribution is -2.26. The molecule has 8 rings (SSSR count). The number of hydrogen-bond donors (Lipinski definition) is 0. The lowest BCUT2D eigenvalue weighted by atomic mass is 9.76. The Labute approximate surface area is 231 Å². The van der Waals surface area contributed by atoms with E-state index in [0.29, 0.717) is 0 Å². The fourth-order valence-electron chi connectivity index (χ4n) is 6.11. The van der Waals surface area contributed by atoms with Crippen LogP contribution in [0.2, 0.25) is 0 Å². The normalized spacial score (nSPS) is 13.4. The van der Waals surface area contributed by atoms with E-state index in [1.165, 1.54) is 27.4 Å². The number of rotatable bonds is 4. The summed E-state index contributed by atoms with van der Waals surface area (Å²) in [5, 5.41) is 7.02. The van der Waals surface area contributed by atoms with Gasteiger partial charge in [-0.25, -0.2) is 9.67 Å². The van der Waals surface area contributed by atoms with Crippen molar-refractivity contribution in [3.8, 4) is 34.1 Å². The summed E-state index contributed by atoms with van der Waals surface area (Å²) >= 11 is 0. The molecule has 0 unspecified atom stereocenters. The van der Waals surface area contributed by atoms with Crippen LogP contribution in [0.5, 0.6) is 11.5 Å². The van der Waals surface area contributed by atoms with Crippen LogP contribution in [-0.4, -0.2) is 19.3 Å². The summed E-state index contributed by atoms with van der Waals surface area (Å²) in [6.45, 7) is 4.57. The second-order valence-corrected chi connectivity index (χ2v) is 10.9. The Hall–Kier alpha value is -5.16. The van der Waals surface area contributed by atoms with Crippen LogP contribution in [0.3, 0.4) is 0 Å². The molecule has 0 spiro atoms. The molecule has 40 heavy (non-hydrogen) atoms. The summed E-state index contributed by atoms with van der Waals surface area (Å²) < 4.78 is 10.6. The summed E-state index contributed by atoms with van der Waals surface area (Å²) in [5.74, 6) is 2.51. The van der Waals surface area contributed by atoms with Crippen molar-refractivity contribution in [1.29, 1.82) is 0 Å². The fraction of sp³-hybridized carbons (Fsp3) is 0.0857. The summed E-state index contributed by atoms with van der Waals surface area (Å²) in [6, 6.07) is 35.5. The summed E-state index contributed by atoms with van der Waals surface area (Å²) in [4.78, 5) is 4.86. The second kappa shape index (κ2) is 8.42. The van der Waals surface area contributed by atoms with Crippen molar-refractivity contribution in [3.05, 3.63) is 133 Å². The van der Waals surface area contributed by atoms with Gasteiger partial charge < -0.3 is 4.74 Å². The number of para-hydroxylation sites is 1. The van der Waals surface area contributed by atoms with Crippen LogP contribution in [0, 0.1) is 0 Å². The zero-order chi connectivity index (χ0) is 26.8. The van der Waals surface area contributed by atoms with Crippen LogP contribution in [0.25, 0.3) is 44.4 Å². The predicted octanol–water partition coefficient (Wildman–Crippen LogP) is 8.46. The SMILES string of the molecule is CC1(C)c2cccnc2-n2c3cc(Oc4cccc(-n5cc(-c6ccccc6)cn5)c4)ccc3c3cccc1c32. The molecule has 3 aromatic heterocycles. The van der Waals surface area contributed by atoms with Crippen molar-refractivity contribution in [2.24, 2.45) is 0 Å². The first-order chi connectivity index (χ1) is 19.6. The highest BCUT2D eigenvalue weighted by Gasteiger charge is 2.35. The maximum atomic E-state index is 6.44. The van der Waals surface area contributed by atoms with E-state index in [2.05, 4.69) is 78.1 Å². The Morgan fingerprint density at radius 1 is 0.700 bits per heavy atom. The molecule has 0 amide bonds. The van der Waals surface area contributed by atoms with Gasteiger partial charge in [-0.15, -0.1) is 0 Å². The predicted molar refractivity (Wildman–Crippen MR) is 160 cm³/mol. The zero-order valence-corrected chi connectivity index (χ0v) is 22.2. The average molecular weight is 519 g/mol. The molecule has 0 aliphatic carbocycles. The largest absolute Gasteiger partial charge is 0.457 e. The van der Waals surface area contributed by atoms with Gasteiger partial charge in [-0.05, 0) is 41.5 Å². The van der Waals surface area contributed by atoms with Gasteiger partial charge in [-0.2, -0.15) is 5.10 Å². The minimum absolute atomic E-state index is 0.139. The van der Waals surface area contributed by atoms with Gasteiger partial charge >= 0.3 is 0 Å². The first-order valence-corrected chi connectivity index (χ1v) is 13.5. The van der Waals surface area contributed by atoms with E-state index < -0.39 is 0 Å². The third kappa shape index (κ3) is 3.34. The first-order valence-electron chi connectivity index (χ1n) is 13.5. The number of fused-ring (bicyclic) bond motifs is 5. The van der Waals surface area contributed by atoms with Gasteiger partial charge in [0.2, 0.25) is 0 Å². The third-order valence-corrected chi connectivity index (χ3v) is 8.11. The number of pyridine rings is 1. The summed E-state index contributed by atoms with van der Waals surface area (Å²) in [6.07, 6.45) is 5.81. The molecule has 0 N–H and O–H groups in total. The Morgan fingerprint density at radius 2 is 1.52 bits per heavy atom. The van der Waals surface area contributed by atoms with Crippen LogP contribution in [-0.2, 0) is 5.41 Å². The highest BCUT2D eigenvalue weighted by Crippen LogP contribution is 2.47. The molecule has 1 aliphatic rings. The van der Waals surface area contributed by atoms with Gasteiger partial charge in [-0.3, -0.25) is 4.57 Å². The van der Waals surface area contributed by atoms with E-state index in [0.717, 1.165) is 39.6 Å². The standard InChI is InChI=1S/C35H26N4O/c1-35(2)30-14-7-13-29-28-17-16-27(20-32(28)39(33(29)30)34-31(35)15-8-18-36-34)40-26-12-6-11-25(19-26)38-22-24(21-37-38)23-9-4-3-5-10-23/h3-22H,1-2H3. The van der Waals surface area contributed by atoms with E-state index in [9.17, 15) is 0 Å². The molecule has 0 fully saturated rings. The van der Waals surface area contributed by atoms with Crippen molar-refractivity contribution in [3.63, 3.8) is 0 Å². The minimum Gasteiger partial charge on any atom is -0.457 e. The lowest BCUT2D eigenvalue weighted by molar-refractivity contribution is 0.483. The molecule has 0 radical (unpaired) electrons. The molecular formula is C35H26N4O. The summed E-state index contributed by atoms with van der Waals surface area (Å²) in [5.41, 5.74) is 7.86. The van der Waals surface area contributed by atoms with Gasteiger partial charge in [0.05, 0.1) is 22.9 Å². The molecule has 192 valence electrons. The van der Waals surface area contributed by atoms with E-state index >= 15 is 0 Å². The van der Waals surface area contributed by atoms with Crippen LogP contribution in [0.1, 0.15) is 25.0 Å². The molecule has 0 atom stereocenters. The first kappa shape index (κ1) is 22.8. The topological polar surface area (TPSA) is 44.9 Å². The van der Waals surface area contributed by atoms with Crippen molar-refractivity contribution in [1.82, 2.24) is 19.3 Å². The second-order valence-electron chi connectivity index (χ2n) is 10.9. The maximum absolute atomic E-state index is 6.44. The van der Waals surface area contributed by atoms with Gasteiger partial charge in [0.1, 0.15) is 17.3 Å². The molecule has 0 saturated carbocycles. The van der Waals surface area contributed by atoms with Crippen molar-refractivity contribution < 1.29 is 4.74 Å². The third-order valence-electron chi connectivity index (χ3n) is 8.11. The van der Waals surface area contributed by atoms with Crippen molar-refractivity contribution >= 4 is 21.8 Å². The Bertz CT molecular complexity index is 2070. The average Bonchev–Trinajstić information content (AvgIpc) is 3.61. The van der Waals surface area contributed by atoms with E-state index in [1.807, 2.05) is 71.8 Å². The van der Waals surface area contributed by atoms with Crippen LogP contribution in [0.15, 0.2) is 122 Å². The molecule has 7 aromatic rings. The van der Waals surface area contributed by atoms with E-state index in [4.69, 9.17) is 9.72 Å². The molecule has 5 heteroatoms. The lowest BCUT2D eigenvalue weighted by Gasteiger charge is -2.33. The molecular weight excluding hydrogens is 492 g/mol. The summed E-state index contributed by atoms with van der Waals surface area (Å²) in [7, 11) is 0. The van der Waals surface area contributed by atoms with Gasteiger partial charge in [-0.1, -0.05) is 74.5 Å². The monoisotopic (exact) mass is 518 g/mol. The van der Waals surface area contributed by atoms with Crippen molar-refractivity contribution in [2.75, 3.05) is 0 Å². The molecule has 5 nitrogen and oxygen atoms in total. The fourth-order valence-corrected chi connectivity index (χ4v) is 6.11. The zero-order valence-electron chi connectivity index (χ0n) is 22.2. The Morgan fingerprint density at radius 3 is 2.42 bits per heavy atom. The number of aromatic nitrogens is 4. The van der Waals surface area contributed by atoms with Gasteiger partial charge in [0, 0.05) is 51.8 Å². The number of ether oxygens (including phenoxy) is 1. The van der Waals surface area contributed by atoms with Crippen LogP contribution < -0.4 is 4.74 Å². The highest BCUT2D eigenvalue weighted by molar-refractivity contribution is 6.11. The Kier molecular flexibility index (Phi) is 4.80. The number of nitrogens with zero attached hydrogens (tertiary/aromatic N) is 4. The van der Waals surface area contributed by atoms with Crippen molar-refractivity contribution in [2.45, 2.75) is 19.3 Å². The highest BCUT2D eigenvalue weighted by atomic mass is 16.5. The molecule has 1 aliphatic heterocycles. The molecule has 4 heterocycles. The van der Waals surface area contributed by atoms with E-state index in [-0.39, 0.29) is 5.41 Å². The molecule has 0 saturated heterocycles. The minimum atomic E-state index is -0.139. The number of benzene rings is 4. The molecule has 0 bridgehead atoms. The van der Waals surface area contributed by atoms with Gasteiger partial charge in [0.15, 0.2) is 0 Å². The maximum Gasteiger partial charge on any atom is 0.141 e. The van der Waals surface area contributed by atoms with Gasteiger partial charge in [0.25, 0.3) is 0 Å². The quantitative estimate of drug-likeness (QED) is 0.235. The van der Waals surface area contributed by atoms with Crippen LogP contribution in [0.4, 0.5) is 0 Å². The van der Waals surface area contributed by atoms with E-state index in [1.54, 1.807) is 0 Å². The number of hydrogen-bond acceptors (Lipinski definition) is 3. The molecule has 4 aromatic carbocycles. The smallest absolute Gasteiger partial charge is 0.141 e. The Balaban J connectivity index is 1.21. The van der Waals surface area contributed by atoms with Crippen LogP contribution >= 0.6 is 0 Å².